The van der Waals surface area contributed by atoms with Gasteiger partial charge in [-0.25, -0.2) is 4.98 Å². The smallest absolute Gasteiger partial charge is 0.141 e. The molecule has 0 amide bonds. The molecule has 2 aromatic carbocycles. The van der Waals surface area contributed by atoms with Crippen LogP contribution in [0.1, 0.15) is 11.1 Å². The lowest BCUT2D eigenvalue weighted by Gasteiger charge is -2.08. The van der Waals surface area contributed by atoms with Crippen molar-refractivity contribution in [2.24, 2.45) is 5.10 Å². The number of hydrazone groups is 1. The Morgan fingerprint density at radius 3 is 2.58 bits per heavy atom. The molecule has 2 aromatic heterocycles. The standard InChI is InChI=1S/C21H18N4O/c1-3-7-16(8-4-1)15-26-19-11-12-22-21-20(19)17(13-23-21)14-24-25-18-9-5-2-6-10-18/h1-14,25H,15H2,(H,22,23)/b24-14+. The van der Waals surface area contributed by atoms with Gasteiger partial charge in [-0.1, -0.05) is 48.5 Å². The second-order valence-corrected chi connectivity index (χ2v) is 5.79. The van der Waals surface area contributed by atoms with Crippen LogP contribution in [0.4, 0.5) is 5.69 Å². The van der Waals surface area contributed by atoms with Gasteiger partial charge in [0.05, 0.1) is 17.3 Å². The summed E-state index contributed by atoms with van der Waals surface area (Å²) in [5.74, 6) is 0.779. The summed E-state index contributed by atoms with van der Waals surface area (Å²) < 4.78 is 6.03. The molecule has 26 heavy (non-hydrogen) atoms. The fourth-order valence-electron chi connectivity index (χ4n) is 2.70. The molecule has 0 fully saturated rings. The summed E-state index contributed by atoms with van der Waals surface area (Å²) in [5, 5.41) is 5.23. The zero-order valence-corrected chi connectivity index (χ0v) is 14.1. The zero-order valence-electron chi connectivity index (χ0n) is 14.1. The number of benzene rings is 2. The number of fused-ring (bicyclic) bond motifs is 1. The fourth-order valence-corrected chi connectivity index (χ4v) is 2.70. The third kappa shape index (κ3) is 3.57. The largest absolute Gasteiger partial charge is 0.488 e. The van der Waals surface area contributed by atoms with Gasteiger partial charge in [-0.2, -0.15) is 5.10 Å². The first-order valence-corrected chi connectivity index (χ1v) is 8.37. The van der Waals surface area contributed by atoms with Crippen molar-refractivity contribution in [3.8, 4) is 5.75 Å². The minimum Gasteiger partial charge on any atom is -0.488 e. The van der Waals surface area contributed by atoms with E-state index in [2.05, 4.69) is 20.5 Å². The van der Waals surface area contributed by atoms with Crippen LogP contribution >= 0.6 is 0 Å². The van der Waals surface area contributed by atoms with Crippen molar-refractivity contribution < 1.29 is 4.74 Å². The molecule has 2 N–H and O–H groups in total. The highest BCUT2D eigenvalue weighted by Crippen LogP contribution is 2.27. The number of nitrogens with one attached hydrogen (secondary N) is 2. The van der Waals surface area contributed by atoms with E-state index in [0.717, 1.165) is 33.6 Å². The van der Waals surface area contributed by atoms with Crippen LogP contribution in [0.15, 0.2) is 84.2 Å². The normalized spacial score (nSPS) is 11.1. The lowest BCUT2D eigenvalue weighted by molar-refractivity contribution is 0.310. The molecule has 128 valence electrons. The summed E-state index contributed by atoms with van der Waals surface area (Å²) in [7, 11) is 0. The van der Waals surface area contributed by atoms with Crippen molar-refractivity contribution >= 4 is 22.9 Å². The van der Waals surface area contributed by atoms with Gasteiger partial charge in [-0.15, -0.1) is 0 Å². The molecule has 0 bridgehead atoms. The minimum absolute atomic E-state index is 0.504. The third-order valence-corrected chi connectivity index (χ3v) is 3.97. The molecule has 0 aliphatic heterocycles. The number of hydrogen-bond acceptors (Lipinski definition) is 4. The van der Waals surface area contributed by atoms with Crippen LogP contribution in [-0.4, -0.2) is 16.2 Å². The average Bonchev–Trinajstić information content (AvgIpc) is 3.12. The Morgan fingerprint density at radius 2 is 1.77 bits per heavy atom. The number of H-pyrrole nitrogens is 1. The number of nitrogens with zero attached hydrogens (tertiary/aromatic N) is 2. The number of ether oxygens (including phenoxy) is 1. The molecule has 0 saturated carbocycles. The molecular formula is C21H18N4O. The van der Waals surface area contributed by atoms with Gasteiger partial charge in [0, 0.05) is 18.0 Å². The number of rotatable bonds is 6. The summed E-state index contributed by atoms with van der Waals surface area (Å²) in [6.07, 6.45) is 5.38. The number of aromatic amines is 1. The number of anilines is 1. The first-order chi connectivity index (χ1) is 12.9. The van der Waals surface area contributed by atoms with Gasteiger partial charge < -0.3 is 9.72 Å². The van der Waals surface area contributed by atoms with E-state index in [1.807, 2.05) is 72.9 Å². The van der Waals surface area contributed by atoms with E-state index >= 15 is 0 Å². The van der Waals surface area contributed by atoms with Crippen LogP contribution in [0.25, 0.3) is 11.0 Å². The molecule has 0 aliphatic carbocycles. The zero-order chi connectivity index (χ0) is 17.6. The predicted octanol–water partition coefficient (Wildman–Crippen LogP) is 4.59. The molecule has 0 radical (unpaired) electrons. The number of aromatic nitrogens is 2. The molecule has 0 aliphatic rings. The maximum atomic E-state index is 6.03. The van der Waals surface area contributed by atoms with Crippen LogP contribution in [-0.2, 0) is 6.61 Å². The van der Waals surface area contributed by atoms with E-state index in [4.69, 9.17) is 4.74 Å². The highest BCUT2D eigenvalue weighted by Gasteiger charge is 2.09. The van der Waals surface area contributed by atoms with Crippen molar-refractivity contribution in [1.29, 1.82) is 0 Å². The van der Waals surface area contributed by atoms with Gasteiger partial charge >= 0.3 is 0 Å². The molecule has 5 heteroatoms. The molecular weight excluding hydrogens is 324 g/mol. The summed E-state index contributed by atoms with van der Waals surface area (Å²) in [4.78, 5) is 7.53. The molecule has 0 unspecified atom stereocenters. The molecule has 5 nitrogen and oxygen atoms in total. The second kappa shape index (κ2) is 7.53. The molecule has 4 aromatic rings. The van der Waals surface area contributed by atoms with Crippen molar-refractivity contribution in [3.63, 3.8) is 0 Å². The molecule has 0 saturated heterocycles. The van der Waals surface area contributed by atoms with E-state index < -0.39 is 0 Å². The Morgan fingerprint density at radius 1 is 1.00 bits per heavy atom. The number of hydrogen-bond donors (Lipinski definition) is 2. The first kappa shape index (κ1) is 15.9. The monoisotopic (exact) mass is 342 g/mol. The first-order valence-electron chi connectivity index (χ1n) is 8.37. The van der Waals surface area contributed by atoms with Crippen molar-refractivity contribution in [2.45, 2.75) is 6.61 Å². The second-order valence-electron chi connectivity index (χ2n) is 5.79. The SMILES string of the molecule is C(=N\Nc1ccccc1)/c1c[nH]c2nccc(OCc3ccccc3)c12. The Hall–Kier alpha value is -3.60. The number of para-hydroxylation sites is 1. The van der Waals surface area contributed by atoms with E-state index in [-0.39, 0.29) is 0 Å². The topological polar surface area (TPSA) is 62.3 Å². The Bertz CT molecular complexity index is 1010. The highest BCUT2D eigenvalue weighted by molar-refractivity contribution is 6.01. The average molecular weight is 342 g/mol. The molecule has 4 rings (SSSR count). The fraction of sp³-hybridized carbons (Fsp3) is 0.0476. The van der Waals surface area contributed by atoms with E-state index in [1.165, 1.54) is 0 Å². The van der Waals surface area contributed by atoms with Crippen molar-refractivity contribution in [2.75, 3.05) is 5.43 Å². The van der Waals surface area contributed by atoms with Gasteiger partial charge in [-0.3, -0.25) is 5.43 Å². The maximum Gasteiger partial charge on any atom is 0.141 e. The Balaban J connectivity index is 1.56. The van der Waals surface area contributed by atoms with Gasteiger partial charge in [0.15, 0.2) is 0 Å². The van der Waals surface area contributed by atoms with Gasteiger partial charge in [-0.05, 0) is 23.8 Å². The van der Waals surface area contributed by atoms with Gasteiger partial charge in [0.25, 0.3) is 0 Å². The van der Waals surface area contributed by atoms with Gasteiger partial charge in [0.1, 0.15) is 18.0 Å². The van der Waals surface area contributed by atoms with Crippen LogP contribution < -0.4 is 10.2 Å². The molecule has 2 heterocycles. The predicted molar refractivity (Wildman–Crippen MR) is 105 cm³/mol. The van der Waals surface area contributed by atoms with Crippen LogP contribution in [0.5, 0.6) is 5.75 Å². The number of pyridine rings is 1. The quantitative estimate of drug-likeness (QED) is 0.398. The Kier molecular flexibility index (Phi) is 4.60. The molecule has 0 atom stereocenters. The lowest BCUT2D eigenvalue weighted by Crippen LogP contribution is -1.97. The van der Waals surface area contributed by atoms with Crippen molar-refractivity contribution in [1.82, 2.24) is 9.97 Å². The lowest BCUT2D eigenvalue weighted by atomic mass is 10.2. The summed E-state index contributed by atoms with van der Waals surface area (Å²) in [6.45, 7) is 0.504. The van der Waals surface area contributed by atoms with Crippen LogP contribution in [0.3, 0.4) is 0 Å². The highest BCUT2D eigenvalue weighted by atomic mass is 16.5. The molecule has 0 spiro atoms. The van der Waals surface area contributed by atoms with Crippen LogP contribution in [0.2, 0.25) is 0 Å². The summed E-state index contributed by atoms with van der Waals surface area (Å²) in [6, 6.07) is 21.8. The van der Waals surface area contributed by atoms with Crippen LogP contribution in [0, 0.1) is 0 Å². The summed E-state index contributed by atoms with van der Waals surface area (Å²) in [5.41, 5.74) is 6.76. The van der Waals surface area contributed by atoms with Gasteiger partial charge in [0.2, 0.25) is 0 Å². The third-order valence-electron chi connectivity index (χ3n) is 3.97. The van der Waals surface area contributed by atoms with E-state index in [1.54, 1.807) is 12.4 Å². The van der Waals surface area contributed by atoms with E-state index in [0.29, 0.717) is 6.61 Å². The summed E-state index contributed by atoms with van der Waals surface area (Å²) >= 11 is 0. The van der Waals surface area contributed by atoms with Crippen molar-refractivity contribution in [3.05, 3.63) is 90.3 Å². The minimum atomic E-state index is 0.504. The maximum absolute atomic E-state index is 6.03. The Labute approximate surface area is 151 Å². The van der Waals surface area contributed by atoms with E-state index in [9.17, 15) is 0 Å².